The molecule has 2 heteroatoms. The van der Waals surface area contributed by atoms with Crippen LogP contribution in [0.2, 0.25) is 0 Å². The van der Waals surface area contributed by atoms with Crippen LogP contribution >= 0.6 is 11.3 Å². The summed E-state index contributed by atoms with van der Waals surface area (Å²) < 4.78 is 2.70. The highest BCUT2D eigenvalue weighted by Gasteiger charge is 2.50. The van der Waals surface area contributed by atoms with Crippen LogP contribution in [0.25, 0.3) is 53.2 Å². The molecule has 2 aliphatic carbocycles. The first-order valence-corrected chi connectivity index (χ1v) is 21.1. The fraction of sp³-hybridized carbons (Fsp3) is 0.164. The number of hydrogen-bond donors (Lipinski definition) is 0. The molecule has 1 aromatic heterocycles. The molecule has 0 bridgehead atoms. The molecule has 0 radical (unpaired) electrons. The van der Waals surface area contributed by atoms with Crippen LogP contribution in [0.4, 0.5) is 17.1 Å². The molecule has 0 aliphatic heterocycles. The van der Waals surface area contributed by atoms with E-state index in [1.165, 1.54) is 92.3 Å². The first kappa shape index (κ1) is 34.3. The van der Waals surface area contributed by atoms with Gasteiger partial charge in [0.25, 0.3) is 0 Å². The predicted molar refractivity (Wildman–Crippen MR) is 245 cm³/mol. The Kier molecular flexibility index (Phi) is 7.24. The molecular weight excluding hydrogens is 707 g/mol. The highest BCUT2D eigenvalue weighted by Crippen LogP contribution is 2.64. The Bertz CT molecular complexity index is 2970. The summed E-state index contributed by atoms with van der Waals surface area (Å²) in [5.74, 6) is 0. The van der Waals surface area contributed by atoms with Gasteiger partial charge in [-0.15, -0.1) is 11.3 Å². The van der Waals surface area contributed by atoms with Gasteiger partial charge in [0, 0.05) is 42.5 Å². The summed E-state index contributed by atoms with van der Waals surface area (Å²) in [6.45, 7) is 13.7. The molecule has 57 heavy (non-hydrogen) atoms. The second kappa shape index (κ2) is 12.0. The zero-order valence-corrected chi connectivity index (χ0v) is 34.3. The molecule has 0 fully saturated rings. The Morgan fingerprint density at radius 1 is 0.421 bits per heavy atom. The number of anilines is 3. The van der Waals surface area contributed by atoms with E-state index < -0.39 is 5.41 Å². The quantitative estimate of drug-likeness (QED) is 0.174. The van der Waals surface area contributed by atoms with Crippen molar-refractivity contribution in [2.45, 2.75) is 57.8 Å². The average Bonchev–Trinajstić information content (AvgIpc) is 3.74. The lowest BCUT2D eigenvalue weighted by molar-refractivity contribution is 0.590. The standard InChI is InChI=1S/C55H45NS/c1-53(2,3)34-22-26-36(27-23-34)56(37-28-24-35(25-29-37)54(4,5)6)48-33-31-43-50-42(48)17-13-20-46(50)55(44-18-10-7-14-38(44)39-15-8-11-19-45(39)55)47-32-30-41-40-16-9-12-21-49(40)57-52(41)51(43)47/h7-33H,1-6H3. The van der Waals surface area contributed by atoms with Gasteiger partial charge in [-0.3, -0.25) is 0 Å². The lowest BCUT2D eigenvalue weighted by Crippen LogP contribution is -2.32. The maximum absolute atomic E-state index is 2.49. The normalized spacial score (nSPS) is 13.9. The van der Waals surface area contributed by atoms with Crippen molar-refractivity contribution >= 4 is 59.3 Å². The van der Waals surface area contributed by atoms with Crippen molar-refractivity contribution in [3.63, 3.8) is 0 Å². The van der Waals surface area contributed by atoms with Crippen molar-refractivity contribution in [3.8, 4) is 22.3 Å². The van der Waals surface area contributed by atoms with E-state index in [0.29, 0.717) is 0 Å². The van der Waals surface area contributed by atoms with Crippen molar-refractivity contribution in [2.75, 3.05) is 4.90 Å². The SMILES string of the molecule is CC(C)(C)c1ccc(N(c2ccc(C(C)(C)C)cc2)c2ccc3c4c(cccc24)C2(c4ccccc4-c4ccccc42)c2ccc4c(sc5ccccc54)c2-3)cc1. The maximum atomic E-state index is 2.49. The minimum atomic E-state index is -0.481. The highest BCUT2D eigenvalue weighted by molar-refractivity contribution is 7.26. The first-order valence-electron chi connectivity index (χ1n) is 20.3. The first-order chi connectivity index (χ1) is 27.5. The van der Waals surface area contributed by atoms with Crippen LogP contribution in [0.5, 0.6) is 0 Å². The molecular formula is C55H45NS. The fourth-order valence-corrected chi connectivity index (χ4v) is 11.3. The van der Waals surface area contributed by atoms with E-state index in [1.54, 1.807) is 0 Å². The third-order valence-electron chi connectivity index (χ3n) is 12.8. The summed E-state index contributed by atoms with van der Waals surface area (Å²) in [7, 11) is 0. The van der Waals surface area contributed by atoms with Gasteiger partial charge in [-0.25, -0.2) is 0 Å². The Hall–Kier alpha value is -5.96. The molecule has 0 unspecified atom stereocenters. The zero-order chi connectivity index (χ0) is 38.8. The summed E-state index contributed by atoms with van der Waals surface area (Å²) in [6, 6.07) is 62.5. The van der Waals surface area contributed by atoms with Crippen LogP contribution in [0.15, 0.2) is 164 Å². The Morgan fingerprint density at radius 2 is 0.965 bits per heavy atom. The molecule has 276 valence electrons. The number of nitrogens with zero attached hydrogens (tertiary/aromatic N) is 1. The smallest absolute Gasteiger partial charge is 0.0726 e. The predicted octanol–water partition coefficient (Wildman–Crippen LogP) is 15.6. The monoisotopic (exact) mass is 751 g/mol. The molecule has 0 saturated heterocycles. The van der Waals surface area contributed by atoms with Gasteiger partial charge in [-0.2, -0.15) is 0 Å². The third-order valence-corrected chi connectivity index (χ3v) is 14.0. The van der Waals surface area contributed by atoms with E-state index in [2.05, 4.69) is 210 Å². The number of thiophene rings is 1. The van der Waals surface area contributed by atoms with E-state index in [1.807, 2.05) is 11.3 Å². The second-order valence-corrected chi connectivity index (χ2v) is 19.1. The number of benzene rings is 8. The summed E-state index contributed by atoms with van der Waals surface area (Å²) in [5.41, 5.74) is 16.6. The van der Waals surface area contributed by atoms with E-state index in [-0.39, 0.29) is 10.8 Å². The van der Waals surface area contributed by atoms with Crippen LogP contribution in [0, 0.1) is 0 Å². The van der Waals surface area contributed by atoms with Crippen molar-refractivity contribution in [1.82, 2.24) is 0 Å². The lowest BCUT2D eigenvalue weighted by atomic mass is 9.61. The van der Waals surface area contributed by atoms with Gasteiger partial charge >= 0.3 is 0 Å². The summed E-state index contributed by atoms with van der Waals surface area (Å²) in [4.78, 5) is 2.49. The molecule has 2 aliphatic rings. The number of rotatable bonds is 3. The van der Waals surface area contributed by atoms with E-state index in [9.17, 15) is 0 Å². The minimum Gasteiger partial charge on any atom is -0.310 e. The molecule has 0 amide bonds. The van der Waals surface area contributed by atoms with Crippen LogP contribution in [-0.4, -0.2) is 0 Å². The van der Waals surface area contributed by atoms with Crippen LogP contribution in [0.1, 0.15) is 74.9 Å². The molecule has 11 rings (SSSR count). The summed E-state index contributed by atoms with van der Waals surface area (Å²) in [6.07, 6.45) is 0. The van der Waals surface area contributed by atoms with E-state index in [0.717, 1.165) is 11.4 Å². The van der Waals surface area contributed by atoms with Crippen molar-refractivity contribution in [2.24, 2.45) is 0 Å². The molecule has 9 aromatic rings. The lowest BCUT2D eigenvalue weighted by Gasteiger charge is -2.41. The highest BCUT2D eigenvalue weighted by atomic mass is 32.1. The van der Waals surface area contributed by atoms with Crippen molar-refractivity contribution in [3.05, 3.63) is 197 Å². The Labute approximate surface area is 339 Å². The van der Waals surface area contributed by atoms with Gasteiger partial charge in [-0.1, -0.05) is 169 Å². The third kappa shape index (κ3) is 4.80. The summed E-state index contributed by atoms with van der Waals surface area (Å²) in [5, 5.41) is 5.26. The maximum Gasteiger partial charge on any atom is 0.0726 e. The average molecular weight is 752 g/mol. The van der Waals surface area contributed by atoms with Gasteiger partial charge in [0.1, 0.15) is 0 Å². The zero-order valence-electron chi connectivity index (χ0n) is 33.4. The van der Waals surface area contributed by atoms with Crippen LogP contribution in [-0.2, 0) is 16.2 Å². The molecule has 1 spiro atoms. The van der Waals surface area contributed by atoms with Crippen LogP contribution in [0.3, 0.4) is 0 Å². The van der Waals surface area contributed by atoms with Gasteiger partial charge in [0.05, 0.1) is 11.1 Å². The number of fused-ring (bicyclic) bond motifs is 13. The van der Waals surface area contributed by atoms with Gasteiger partial charge in [-0.05, 0) is 103 Å². The molecule has 1 nitrogen and oxygen atoms in total. The van der Waals surface area contributed by atoms with E-state index in [4.69, 9.17) is 0 Å². The second-order valence-electron chi connectivity index (χ2n) is 18.1. The van der Waals surface area contributed by atoms with Crippen molar-refractivity contribution < 1.29 is 0 Å². The summed E-state index contributed by atoms with van der Waals surface area (Å²) >= 11 is 1.94. The van der Waals surface area contributed by atoms with Gasteiger partial charge < -0.3 is 4.90 Å². The minimum absolute atomic E-state index is 0.0610. The van der Waals surface area contributed by atoms with Gasteiger partial charge in [0.2, 0.25) is 0 Å². The molecule has 8 aromatic carbocycles. The molecule has 0 N–H and O–H groups in total. The van der Waals surface area contributed by atoms with Crippen LogP contribution < -0.4 is 4.90 Å². The molecule has 1 heterocycles. The Balaban J connectivity index is 1.27. The topological polar surface area (TPSA) is 3.24 Å². The van der Waals surface area contributed by atoms with Crippen molar-refractivity contribution in [1.29, 1.82) is 0 Å². The fourth-order valence-electron chi connectivity index (χ4n) is 10.1. The molecule has 0 saturated carbocycles. The Morgan fingerprint density at radius 3 is 1.58 bits per heavy atom. The van der Waals surface area contributed by atoms with E-state index >= 15 is 0 Å². The van der Waals surface area contributed by atoms with Gasteiger partial charge in [0.15, 0.2) is 0 Å². The molecule has 0 atom stereocenters. The number of hydrogen-bond acceptors (Lipinski definition) is 2. The largest absolute Gasteiger partial charge is 0.310 e.